The summed E-state index contributed by atoms with van der Waals surface area (Å²) in [7, 11) is 1.45. The molecule has 5 nitrogen and oxygen atoms in total. The fourth-order valence-electron chi connectivity index (χ4n) is 2.35. The Bertz CT molecular complexity index is 241. The van der Waals surface area contributed by atoms with E-state index in [4.69, 9.17) is 14.2 Å². The van der Waals surface area contributed by atoms with E-state index in [0.29, 0.717) is 13.2 Å². The number of methoxy groups -OCH3 is 1. The number of carbonyl (C=O) groups excluding carboxylic acids is 1. The van der Waals surface area contributed by atoms with Crippen molar-refractivity contribution >= 4 is 5.97 Å². The summed E-state index contributed by atoms with van der Waals surface area (Å²) < 4.78 is 15.8. The van der Waals surface area contributed by atoms with Crippen LogP contribution in [0.25, 0.3) is 0 Å². The maximum Gasteiger partial charge on any atom is 0.323 e. The predicted molar refractivity (Wildman–Crippen MR) is 68.3 cm³/mol. The molecule has 1 unspecified atom stereocenters. The van der Waals surface area contributed by atoms with Crippen LogP contribution in [-0.2, 0) is 19.0 Å². The highest BCUT2D eigenvalue weighted by molar-refractivity contribution is 5.75. The van der Waals surface area contributed by atoms with Crippen LogP contribution in [0.5, 0.6) is 0 Å². The molecule has 1 rings (SSSR count). The third-order valence-corrected chi connectivity index (χ3v) is 3.19. The van der Waals surface area contributed by atoms with Gasteiger partial charge in [0.1, 0.15) is 6.04 Å². The van der Waals surface area contributed by atoms with Crippen molar-refractivity contribution in [2.75, 3.05) is 33.4 Å². The zero-order chi connectivity index (χ0) is 13.4. The molecule has 0 aromatic heterocycles. The molecule has 1 atom stereocenters. The SMILES string of the molecule is CCOC(CCN1CCCC1C(=O)OC)OCC. The summed E-state index contributed by atoms with van der Waals surface area (Å²) in [5.74, 6) is -0.128. The quantitative estimate of drug-likeness (QED) is 0.487. The van der Waals surface area contributed by atoms with E-state index in [-0.39, 0.29) is 18.3 Å². The van der Waals surface area contributed by atoms with Crippen LogP contribution in [0.1, 0.15) is 33.1 Å². The largest absolute Gasteiger partial charge is 0.468 e. The highest BCUT2D eigenvalue weighted by Crippen LogP contribution is 2.19. The Morgan fingerprint density at radius 2 is 2.00 bits per heavy atom. The second kappa shape index (κ2) is 8.45. The lowest BCUT2D eigenvalue weighted by molar-refractivity contribution is -0.150. The molecule has 1 aliphatic rings. The van der Waals surface area contributed by atoms with Crippen molar-refractivity contribution in [1.82, 2.24) is 4.90 Å². The summed E-state index contributed by atoms with van der Waals surface area (Å²) in [5.41, 5.74) is 0. The van der Waals surface area contributed by atoms with E-state index in [1.54, 1.807) is 0 Å². The molecule has 0 radical (unpaired) electrons. The Balaban J connectivity index is 2.38. The van der Waals surface area contributed by atoms with Crippen LogP contribution < -0.4 is 0 Å². The molecule has 18 heavy (non-hydrogen) atoms. The molecular formula is C13H25NO4. The second-order valence-electron chi connectivity index (χ2n) is 4.35. The lowest BCUT2D eigenvalue weighted by Gasteiger charge is -2.24. The third kappa shape index (κ3) is 4.55. The maximum absolute atomic E-state index is 11.6. The van der Waals surface area contributed by atoms with Crippen molar-refractivity contribution in [3.63, 3.8) is 0 Å². The fraction of sp³-hybridized carbons (Fsp3) is 0.923. The van der Waals surface area contributed by atoms with Gasteiger partial charge in [0.05, 0.1) is 7.11 Å². The average molecular weight is 259 g/mol. The van der Waals surface area contributed by atoms with E-state index in [0.717, 1.165) is 32.4 Å². The fourth-order valence-corrected chi connectivity index (χ4v) is 2.35. The van der Waals surface area contributed by atoms with Gasteiger partial charge < -0.3 is 14.2 Å². The van der Waals surface area contributed by atoms with Gasteiger partial charge in [0, 0.05) is 26.2 Å². The van der Waals surface area contributed by atoms with E-state index in [2.05, 4.69) is 4.90 Å². The van der Waals surface area contributed by atoms with Crippen molar-refractivity contribution in [3.05, 3.63) is 0 Å². The Labute approximate surface area is 109 Å². The molecule has 0 saturated carbocycles. The first-order valence-electron chi connectivity index (χ1n) is 6.78. The van der Waals surface area contributed by atoms with Gasteiger partial charge in [0.2, 0.25) is 0 Å². The van der Waals surface area contributed by atoms with Gasteiger partial charge in [0.15, 0.2) is 6.29 Å². The Morgan fingerprint density at radius 1 is 1.33 bits per heavy atom. The number of nitrogens with zero attached hydrogens (tertiary/aromatic N) is 1. The number of carbonyl (C=O) groups is 1. The monoisotopic (exact) mass is 259 g/mol. The second-order valence-corrected chi connectivity index (χ2v) is 4.35. The number of hydrogen-bond donors (Lipinski definition) is 0. The van der Waals surface area contributed by atoms with Gasteiger partial charge in [-0.3, -0.25) is 9.69 Å². The van der Waals surface area contributed by atoms with Crippen molar-refractivity contribution in [2.45, 2.75) is 45.4 Å². The molecule has 1 aliphatic heterocycles. The zero-order valence-corrected chi connectivity index (χ0v) is 11.7. The molecule has 0 bridgehead atoms. The maximum atomic E-state index is 11.6. The molecule has 0 aromatic carbocycles. The van der Waals surface area contributed by atoms with Gasteiger partial charge in [-0.1, -0.05) is 0 Å². The third-order valence-electron chi connectivity index (χ3n) is 3.19. The highest BCUT2D eigenvalue weighted by Gasteiger charge is 2.31. The molecule has 1 fully saturated rings. The average Bonchev–Trinajstić information content (AvgIpc) is 2.84. The minimum atomic E-state index is -0.168. The van der Waals surface area contributed by atoms with Crippen molar-refractivity contribution < 1.29 is 19.0 Å². The highest BCUT2D eigenvalue weighted by atomic mass is 16.7. The first-order chi connectivity index (χ1) is 8.72. The lowest BCUT2D eigenvalue weighted by Crippen LogP contribution is -2.38. The zero-order valence-electron chi connectivity index (χ0n) is 11.7. The van der Waals surface area contributed by atoms with Crippen LogP contribution in [0.15, 0.2) is 0 Å². The van der Waals surface area contributed by atoms with E-state index in [9.17, 15) is 4.79 Å². The van der Waals surface area contributed by atoms with Crippen molar-refractivity contribution in [3.8, 4) is 0 Å². The van der Waals surface area contributed by atoms with Gasteiger partial charge in [-0.2, -0.15) is 0 Å². The van der Waals surface area contributed by atoms with Crippen LogP contribution in [0.4, 0.5) is 0 Å². The normalized spacial score (nSPS) is 20.6. The van der Waals surface area contributed by atoms with Crippen LogP contribution in [0.2, 0.25) is 0 Å². The van der Waals surface area contributed by atoms with Crippen LogP contribution in [0, 0.1) is 0 Å². The number of rotatable bonds is 8. The smallest absolute Gasteiger partial charge is 0.323 e. The van der Waals surface area contributed by atoms with Gasteiger partial charge in [-0.25, -0.2) is 0 Å². The molecule has 5 heteroatoms. The summed E-state index contributed by atoms with van der Waals surface area (Å²) in [4.78, 5) is 13.8. The Kier molecular flexibility index (Phi) is 7.23. The first-order valence-corrected chi connectivity index (χ1v) is 6.78. The van der Waals surface area contributed by atoms with Gasteiger partial charge in [-0.15, -0.1) is 0 Å². The number of esters is 1. The molecular weight excluding hydrogens is 234 g/mol. The van der Waals surface area contributed by atoms with Gasteiger partial charge >= 0.3 is 5.97 Å². The summed E-state index contributed by atoms with van der Waals surface area (Å²) in [6, 6.07) is -0.0843. The van der Waals surface area contributed by atoms with Gasteiger partial charge in [-0.05, 0) is 33.2 Å². The number of hydrogen-bond acceptors (Lipinski definition) is 5. The molecule has 1 heterocycles. The van der Waals surface area contributed by atoms with Gasteiger partial charge in [0.25, 0.3) is 0 Å². The van der Waals surface area contributed by atoms with Crippen LogP contribution >= 0.6 is 0 Å². The van der Waals surface area contributed by atoms with E-state index in [1.807, 2.05) is 13.8 Å². The standard InChI is InChI=1S/C13H25NO4/c1-4-17-12(18-5-2)8-10-14-9-6-7-11(14)13(15)16-3/h11-12H,4-10H2,1-3H3. The van der Waals surface area contributed by atoms with E-state index < -0.39 is 0 Å². The molecule has 0 amide bonds. The molecule has 106 valence electrons. The molecule has 0 aliphatic carbocycles. The minimum Gasteiger partial charge on any atom is -0.468 e. The summed E-state index contributed by atoms with van der Waals surface area (Å²) in [6.45, 7) is 6.96. The molecule has 1 saturated heterocycles. The van der Waals surface area contributed by atoms with Crippen LogP contribution in [0.3, 0.4) is 0 Å². The van der Waals surface area contributed by atoms with E-state index >= 15 is 0 Å². The Morgan fingerprint density at radius 3 is 2.56 bits per heavy atom. The number of ether oxygens (including phenoxy) is 3. The number of likely N-dealkylation sites (tertiary alicyclic amines) is 1. The molecule has 0 N–H and O–H groups in total. The molecule has 0 aromatic rings. The molecule has 0 spiro atoms. The predicted octanol–water partition coefficient (Wildman–Crippen LogP) is 1.41. The summed E-state index contributed by atoms with van der Waals surface area (Å²) in [6.07, 6.45) is 2.56. The first kappa shape index (κ1) is 15.4. The van der Waals surface area contributed by atoms with E-state index in [1.165, 1.54) is 7.11 Å². The summed E-state index contributed by atoms with van der Waals surface area (Å²) in [5, 5.41) is 0. The topological polar surface area (TPSA) is 48.0 Å². The Hall–Kier alpha value is -0.650. The summed E-state index contributed by atoms with van der Waals surface area (Å²) >= 11 is 0. The van der Waals surface area contributed by atoms with Crippen LogP contribution in [-0.4, -0.2) is 56.6 Å². The van der Waals surface area contributed by atoms with Crippen molar-refractivity contribution in [2.24, 2.45) is 0 Å². The lowest BCUT2D eigenvalue weighted by atomic mass is 10.2. The van der Waals surface area contributed by atoms with Crippen molar-refractivity contribution in [1.29, 1.82) is 0 Å². The minimum absolute atomic E-state index is 0.0843.